The van der Waals surface area contributed by atoms with E-state index in [1.54, 1.807) is 94.8 Å². The molecule has 0 bridgehead atoms. The molecule has 0 aliphatic heterocycles. The Morgan fingerprint density at radius 1 is 0.662 bits per heavy atom. The number of anilines is 1. The quantitative estimate of drug-likeness (QED) is 0.0524. The summed E-state index contributed by atoms with van der Waals surface area (Å²) in [4.78, 5) is 64.4. The first-order valence-electron chi connectivity index (χ1n) is 21.6. The lowest BCUT2D eigenvalue weighted by atomic mass is 10.0. The highest BCUT2D eigenvalue weighted by Gasteiger charge is 2.26. The standard InChI is InChI=1S/C47H63N7O11/c1-46(2,3)64-44(58)50-38(41(55)18-13-26-60-28-30-62-31-29-61-27-25-54-33-40(52-53-54)35-14-9-7-10-15-35)23-24-48-43(57)63-37-21-19-34(20-22-37)32-39(51-45(59)65-47(4,5)6)42(56)49-36-16-11-8-12-17-36/h7-12,14-17,19-22,33,38-39H,13,18,23-32H2,1-6H3,(H,48,57)(H,49,56)(H,50,58)(H,51,59)/t38-,39-/m0/s1. The van der Waals surface area contributed by atoms with Crippen LogP contribution in [0.5, 0.6) is 5.75 Å². The van der Waals surface area contributed by atoms with Crippen molar-refractivity contribution < 1.29 is 52.4 Å². The molecule has 65 heavy (non-hydrogen) atoms. The molecular weight excluding hydrogens is 839 g/mol. The second-order valence-electron chi connectivity index (χ2n) is 16.8. The van der Waals surface area contributed by atoms with E-state index in [2.05, 4.69) is 31.6 Å². The van der Waals surface area contributed by atoms with E-state index in [-0.39, 0.29) is 37.3 Å². The van der Waals surface area contributed by atoms with E-state index >= 15 is 0 Å². The Morgan fingerprint density at radius 3 is 1.85 bits per heavy atom. The van der Waals surface area contributed by atoms with Gasteiger partial charge in [-0.25, -0.2) is 19.1 Å². The van der Waals surface area contributed by atoms with E-state index in [0.717, 1.165) is 11.3 Å². The van der Waals surface area contributed by atoms with Gasteiger partial charge in [0.05, 0.1) is 51.8 Å². The number of hydrogen-bond donors (Lipinski definition) is 4. The molecule has 0 saturated heterocycles. The van der Waals surface area contributed by atoms with Gasteiger partial charge >= 0.3 is 18.3 Å². The topological polar surface area (TPSA) is 220 Å². The van der Waals surface area contributed by atoms with E-state index in [9.17, 15) is 24.0 Å². The van der Waals surface area contributed by atoms with Gasteiger partial charge in [0, 0.05) is 37.2 Å². The zero-order valence-electron chi connectivity index (χ0n) is 38.1. The predicted molar refractivity (Wildman–Crippen MR) is 242 cm³/mol. The van der Waals surface area contributed by atoms with Crippen LogP contribution in [-0.2, 0) is 46.2 Å². The lowest BCUT2D eigenvalue weighted by Crippen LogP contribution is -2.47. The Kier molecular flexibility index (Phi) is 20.8. The summed E-state index contributed by atoms with van der Waals surface area (Å²) < 4.78 is 34.8. The molecule has 352 valence electrons. The highest BCUT2D eigenvalue weighted by Crippen LogP contribution is 2.17. The minimum Gasteiger partial charge on any atom is -0.444 e. The number of nitrogens with zero attached hydrogens (tertiary/aromatic N) is 3. The summed E-state index contributed by atoms with van der Waals surface area (Å²) in [6.45, 7) is 13.2. The summed E-state index contributed by atoms with van der Waals surface area (Å²) >= 11 is 0. The fourth-order valence-corrected chi connectivity index (χ4v) is 5.94. The number of Topliss-reactive ketones (excluding diaryl/α,β-unsaturated/α-hetero) is 1. The number of hydrogen-bond acceptors (Lipinski definition) is 13. The molecule has 4 rings (SSSR count). The molecule has 0 radical (unpaired) electrons. The van der Waals surface area contributed by atoms with Crippen molar-refractivity contribution in [2.75, 3.05) is 51.5 Å². The minimum atomic E-state index is -0.979. The smallest absolute Gasteiger partial charge is 0.412 e. The Hall–Kier alpha value is -6.37. The fraction of sp³-hybridized carbons (Fsp3) is 0.468. The summed E-state index contributed by atoms with van der Waals surface area (Å²) in [5.41, 5.74) is 1.49. The number of ether oxygens (including phenoxy) is 6. The van der Waals surface area contributed by atoms with Crippen molar-refractivity contribution in [3.8, 4) is 17.0 Å². The van der Waals surface area contributed by atoms with Crippen LogP contribution in [0.1, 0.15) is 66.4 Å². The zero-order chi connectivity index (χ0) is 47.1. The summed E-state index contributed by atoms with van der Waals surface area (Å²) in [5, 5.41) is 19.0. The summed E-state index contributed by atoms with van der Waals surface area (Å²) in [6.07, 6.45) is 0.319. The molecule has 0 spiro atoms. The molecule has 18 heteroatoms. The van der Waals surface area contributed by atoms with Gasteiger partial charge in [-0.3, -0.25) is 9.59 Å². The first kappa shape index (κ1) is 51.3. The maximum Gasteiger partial charge on any atom is 0.412 e. The van der Waals surface area contributed by atoms with Gasteiger partial charge < -0.3 is 49.7 Å². The summed E-state index contributed by atoms with van der Waals surface area (Å²) in [5.74, 6) is -0.479. The van der Waals surface area contributed by atoms with E-state index in [1.807, 2.05) is 42.6 Å². The van der Waals surface area contributed by atoms with Crippen molar-refractivity contribution in [3.05, 3.63) is 96.7 Å². The fourth-order valence-electron chi connectivity index (χ4n) is 5.94. The van der Waals surface area contributed by atoms with E-state index in [4.69, 9.17) is 28.4 Å². The molecule has 0 unspecified atom stereocenters. The van der Waals surface area contributed by atoms with Gasteiger partial charge in [0.1, 0.15) is 28.7 Å². The highest BCUT2D eigenvalue weighted by molar-refractivity contribution is 5.96. The second-order valence-corrected chi connectivity index (χ2v) is 16.8. The van der Waals surface area contributed by atoms with Crippen molar-refractivity contribution in [2.24, 2.45) is 0 Å². The van der Waals surface area contributed by atoms with E-state index in [1.165, 1.54) is 0 Å². The molecule has 0 fully saturated rings. The SMILES string of the molecule is CC(C)(C)OC(=O)N[C@@H](CCNC(=O)Oc1ccc(C[C@H](NC(=O)OC(C)(C)C)C(=O)Nc2ccccc2)cc1)C(=O)CCCOCCOCCOCCn1cc(-c2ccccc2)nn1. The van der Waals surface area contributed by atoms with Crippen LogP contribution >= 0.6 is 0 Å². The molecule has 18 nitrogen and oxygen atoms in total. The average molecular weight is 902 g/mol. The third-order valence-corrected chi connectivity index (χ3v) is 8.93. The number of aromatic nitrogens is 3. The average Bonchev–Trinajstić information content (AvgIpc) is 3.72. The van der Waals surface area contributed by atoms with Crippen LogP contribution in [0, 0.1) is 0 Å². The third kappa shape index (κ3) is 21.2. The number of rotatable bonds is 25. The Labute approximate surface area is 380 Å². The van der Waals surface area contributed by atoms with Gasteiger partial charge in [0.25, 0.3) is 0 Å². The van der Waals surface area contributed by atoms with Gasteiger partial charge in [-0.2, -0.15) is 0 Å². The maximum absolute atomic E-state index is 13.2. The molecule has 4 N–H and O–H groups in total. The van der Waals surface area contributed by atoms with Crippen molar-refractivity contribution >= 4 is 35.7 Å². The molecule has 0 saturated carbocycles. The van der Waals surface area contributed by atoms with Crippen molar-refractivity contribution in [1.82, 2.24) is 30.9 Å². The predicted octanol–water partition coefficient (Wildman–Crippen LogP) is 6.49. The number of para-hydroxylation sites is 1. The van der Waals surface area contributed by atoms with Crippen LogP contribution in [0.3, 0.4) is 0 Å². The zero-order valence-corrected chi connectivity index (χ0v) is 38.1. The molecule has 1 heterocycles. The van der Waals surface area contributed by atoms with Crippen molar-refractivity contribution in [1.29, 1.82) is 0 Å². The second kappa shape index (κ2) is 26.4. The third-order valence-electron chi connectivity index (χ3n) is 8.93. The number of nitrogens with one attached hydrogen (secondary N) is 4. The van der Waals surface area contributed by atoms with Crippen LogP contribution in [0.4, 0.5) is 20.1 Å². The Balaban J connectivity index is 1.14. The molecule has 1 aromatic heterocycles. The van der Waals surface area contributed by atoms with E-state index < -0.39 is 47.5 Å². The van der Waals surface area contributed by atoms with Crippen LogP contribution in [-0.4, -0.2) is 114 Å². The first-order chi connectivity index (χ1) is 31.0. The Bertz CT molecular complexity index is 2070. The summed E-state index contributed by atoms with van der Waals surface area (Å²) in [6, 6.07) is 23.2. The first-order valence-corrected chi connectivity index (χ1v) is 21.6. The van der Waals surface area contributed by atoms with Crippen LogP contribution < -0.4 is 26.0 Å². The summed E-state index contributed by atoms with van der Waals surface area (Å²) in [7, 11) is 0. The number of alkyl carbamates (subject to hydrolysis) is 2. The lowest BCUT2D eigenvalue weighted by Gasteiger charge is -2.23. The van der Waals surface area contributed by atoms with Crippen LogP contribution in [0.2, 0.25) is 0 Å². The Morgan fingerprint density at radius 2 is 1.23 bits per heavy atom. The van der Waals surface area contributed by atoms with Gasteiger partial charge in [0.2, 0.25) is 5.91 Å². The van der Waals surface area contributed by atoms with Gasteiger partial charge in [0.15, 0.2) is 5.78 Å². The normalized spacial score (nSPS) is 12.3. The van der Waals surface area contributed by atoms with Gasteiger partial charge in [-0.05, 0) is 84.2 Å². The van der Waals surface area contributed by atoms with Gasteiger partial charge in [-0.15, -0.1) is 5.10 Å². The maximum atomic E-state index is 13.2. The molecule has 0 aliphatic rings. The number of benzene rings is 3. The largest absolute Gasteiger partial charge is 0.444 e. The lowest BCUT2D eigenvalue weighted by molar-refractivity contribution is -0.121. The number of carbonyl (C=O) groups is 5. The van der Waals surface area contributed by atoms with E-state index in [0.29, 0.717) is 63.9 Å². The number of amides is 4. The highest BCUT2D eigenvalue weighted by atomic mass is 16.6. The molecule has 4 aromatic rings. The number of carbonyl (C=O) groups excluding carboxylic acids is 5. The van der Waals surface area contributed by atoms with Crippen molar-refractivity contribution in [2.45, 2.75) is 97.1 Å². The molecule has 3 aromatic carbocycles. The van der Waals surface area contributed by atoms with Crippen LogP contribution in [0.15, 0.2) is 91.1 Å². The molecule has 2 atom stereocenters. The minimum absolute atomic E-state index is 0.00482. The monoisotopic (exact) mass is 901 g/mol. The molecule has 0 aliphatic carbocycles. The number of ketones is 1. The van der Waals surface area contributed by atoms with Crippen LogP contribution in [0.25, 0.3) is 11.3 Å². The molecule has 4 amide bonds. The molecular formula is C47H63N7O11. The van der Waals surface area contributed by atoms with Gasteiger partial charge in [-0.1, -0.05) is 65.9 Å². The van der Waals surface area contributed by atoms with Crippen molar-refractivity contribution in [3.63, 3.8) is 0 Å².